The zero-order valence-electron chi connectivity index (χ0n) is 10.4. The van der Waals surface area contributed by atoms with Gasteiger partial charge >= 0.3 is 12.0 Å². The van der Waals surface area contributed by atoms with Crippen molar-refractivity contribution in [2.24, 2.45) is 11.3 Å². The molecule has 0 spiro atoms. The van der Waals surface area contributed by atoms with Gasteiger partial charge in [-0.1, -0.05) is 13.8 Å². The van der Waals surface area contributed by atoms with Gasteiger partial charge in [-0.15, -0.1) is 0 Å². The van der Waals surface area contributed by atoms with E-state index in [4.69, 9.17) is 5.11 Å². The molecule has 1 saturated heterocycles. The lowest BCUT2D eigenvalue weighted by Crippen LogP contribution is -2.46. The molecule has 17 heavy (non-hydrogen) atoms. The zero-order valence-corrected chi connectivity index (χ0v) is 10.4. The summed E-state index contributed by atoms with van der Waals surface area (Å²) in [5.41, 5.74) is 0.338. The normalized spacial score (nSPS) is 30.1. The van der Waals surface area contributed by atoms with Crippen molar-refractivity contribution in [1.82, 2.24) is 10.2 Å². The summed E-state index contributed by atoms with van der Waals surface area (Å²) < 4.78 is 0. The van der Waals surface area contributed by atoms with Gasteiger partial charge in [-0.3, -0.25) is 0 Å². The van der Waals surface area contributed by atoms with Gasteiger partial charge in [0.05, 0.1) is 0 Å². The van der Waals surface area contributed by atoms with Crippen molar-refractivity contribution < 1.29 is 14.7 Å². The molecular formula is C12H20N2O3. The molecule has 0 radical (unpaired) electrons. The van der Waals surface area contributed by atoms with E-state index in [1.54, 1.807) is 0 Å². The number of likely N-dealkylation sites (tertiary alicyclic amines) is 1. The number of carboxylic acid groups (broad SMARTS) is 1. The van der Waals surface area contributed by atoms with E-state index < -0.39 is 12.0 Å². The third-order valence-electron chi connectivity index (χ3n) is 4.02. The van der Waals surface area contributed by atoms with Gasteiger partial charge in [-0.2, -0.15) is 0 Å². The Bertz CT molecular complexity index is 341. The van der Waals surface area contributed by atoms with E-state index in [1.165, 1.54) is 4.90 Å². The van der Waals surface area contributed by atoms with Crippen molar-refractivity contribution in [3.63, 3.8) is 0 Å². The van der Waals surface area contributed by atoms with Crippen LogP contribution in [-0.2, 0) is 4.79 Å². The molecule has 0 aromatic rings. The molecule has 1 aliphatic carbocycles. The van der Waals surface area contributed by atoms with Crippen molar-refractivity contribution in [3.8, 4) is 0 Å². The number of hydrogen-bond acceptors (Lipinski definition) is 2. The van der Waals surface area contributed by atoms with Crippen LogP contribution in [0.1, 0.15) is 33.1 Å². The highest BCUT2D eigenvalue weighted by molar-refractivity contribution is 5.83. The Labute approximate surface area is 101 Å². The predicted molar refractivity (Wildman–Crippen MR) is 62.7 cm³/mol. The van der Waals surface area contributed by atoms with Crippen LogP contribution in [0.5, 0.6) is 0 Å². The minimum absolute atomic E-state index is 0.224. The maximum absolute atomic E-state index is 11.9. The maximum atomic E-state index is 11.9. The summed E-state index contributed by atoms with van der Waals surface area (Å²) in [6, 6.07) is -0.861. The number of nitrogens with zero attached hydrogens (tertiary/aromatic N) is 1. The number of rotatable bonds is 3. The second kappa shape index (κ2) is 4.20. The van der Waals surface area contributed by atoms with Crippen LogP contribution in [0.25, 0.3) is 0 Å². The summed E-state index contributed by atoms with van der Waals surface area (Å²) in [4.78, 5) is 24.2. The summed E-state index contributed by atoms with van der Waals surface area (Å²) in [6.07, 6.45) is 2.48. The molecule has 1 saturated carbocycles. The Balaban J connectivity index is 1.81. The van der Waals surface area contributed by atoms with Crippen LogP contribution >= 0.6 is 0 Å². The number of carboxylic acids is 1. The highest BCUT2D eigenvalue weighted by Gasteiger charge is 2.45. The Morgan fingerprint density at radius 3 is 2.65 bits per heavy atom. The lowest BCUT2D eigenvalue weighted by Gasteiger charge is -2.22. The fourth-order valence-electron chi connectivity index (χ4n) is 2.50. The van der Waals surface area contributed by atoms with Crippen LogP contribution in [0.15, 0.2) is 0 Å². The molecule has 2 unspecified atom stereocenters. The third kappa shape index (κ3) is 2.53. The summed E-state index contributed by atoms with van der Waals surface area (Å²) in [5, 5.41) is 11.8. The lowest BCUT2D eigenvalue weighted by molar-refractivity contribution is -0.141. The number of aliphatic carboxylic acids is 1. The van der Waals surface area contributed by atoms with E-state index in [2.05, 4.69) is 19.2 Å². The Morgan fingerprint density at radius 2 is 2.12 bits per heavy atom. The molecule has 0 bridgehead atoms. The van der Waals surface area contributed by atoms with Crippen LogP contribution in [0, 0.1) is 11.3 Å². The van der Waals surface area contributed by atoms with E-state index >= 15 is 0 Å². The molecule has 96 valence electrons. The Morgan fingerprint density at radius 1 is 1.47 bits per heavy atom. The van der Waals surface area contributed by atoms with Crippen LogP contribution in [0.2, 0.25) is 0 Å². The first-order valence-electron chi connectivity index (χ1n) is 6.19. The minimum Gasteiger partial charge on any atom is -0.480 e. The molecule has 1 aliphatic heterocycles. The van der Waals surface area contributed by atoms with Crippen molar-refractivity contribution in [1.29, 1.82) is 0 Å². The van der Waals surface area contributed by atoms with E-state index in [9.17, 15) is 9.59 Å². The standard InChI is InChI=1S/C12H20N2O3/c1-12(2)6-8(12)7-13-11(17)14-5-3-4-9(14)10(15)16/h8-9H,3-7H2,1-2H3,(H,13,17)(H,15,16). The van der Waals surface area contributed by atoms with Crippen molar-refractivity contribution in [2.45, 2.75) is 39.2 Å². The molecular weight excluding hydrogens is 220 g/mol. The molecule has 0 aromatic heterocycles. The summed E-state index contributed by atoms with van der Waals surface area (Å²) in [7, 11) is 0. The number of carbonyl (C=O) groups excluding carboxylic acids is 1. The molecule has 2 N–H and O–H groups in total. The highest BCUT2D eigenvalue weighted by atomic mass is 16.4. The largest absolute Gasteiger partial charge is 0.480 e. The van der Waals surface area contributed by atoms with Crippen molar-refractivity contribution in [2.75, 3.05) is 13.1 Å². The van der Waals surface area contributed by atoms with Gasteiger partial charge in [0.15, 0.2) is 0 Å². The van der Waals surface area contributed by atoms with Gasteiger partial charge in [-0.25, -0.2) is 9.59 Å². The summed E-state index contributed by atoms with van der Waals surface area (Å²) in [5.74, 6) is -0.360. The van der Waals surface area contributed by atoms with E-state index in [1.807, 2.05) is 0 Å². The molecule has 0 aromatic carbocycles. The molecule has 5 heteroatoms. The van der Waals surface area contributed by atoms with Crippen LogP contribution in [0.4, 0.5) is 4.79 Å². The Kier molecular flexibility index (Phi) is 3.02. The van der Waals surface area contributed by atoms with Gasteiger partial charge in [-0.05, 0) is 30.6 Å². The average Bonchev–Trinajstić information content (AvgIpc) is 2.67. The smallest absolute Gasteiger partial charge is 0.326 e. The molecule has 2 fully saturated rings. The molecule has 2 aliphatic rings. The fourth-order valence-corrected chi connectivity index (χ4v) is 2.50. The SMILES string of the molecule is CC1(C)CC1CNC(=O)N1CCCC1C(=O)O. The highest BCUT2D eigenvalue weighted by Crippen LogP contribution is 2.50. The quantitative estimate of drug-likeness (QED) is 0.781. The predicted octanol–water partition coefficient (Wildman–Crippen LogP) is 1.29. The van der Waals surface area contributed by atoms with Crippen LogP contribution < -0.4 is 5.32 Å². The lowest BCUT2D eigenvalue weighted by atomic mass is 10.1. The zero-order chi connectivity index (χ0) is 12.6. The van der Waals surface area contributed by atoms with Gasteiger partial charge in [0.25, 0.3) is 0 Å². The maximum Gasteiger partial charge on any atom is 0.326 e. The van der Waals surface area contributed by atoms with Crippen molar-refractivity contribution >= 4 is 12.0 Å². The first-order valence-corrected chi connectivity index (χ1v) is 6.19. The van der Waals surface area contributed by atoms with Crippen LogP contribution in [-0.4, -0.2) is 41.1 Å². The number of urea groups is 1. The molecule has 2 amide bonds. The number of hydrogen-bond donors (Lipinski definition) is 2. The minimum atomic E-state index is -0.899. The summed E-state index contributed by atoms with van der Waals surface area (Å²) in [6.45, 7) is 5.57. The number of amides is 2. The monoisotopic (exact) mass is 240 g/mol. The van der Waals surface area contributed by atoms with Crippen molar-refractivity contribution in [3.05, 3.63) is 0 Å². The number of carbonyl (C=O) groups is 2. The molecule has 5 nitrogen and oxygen atoms in total. The van der Waals surface area contributed by atoms with E-state index in [0.29, 0.717) is 30.8 Å². The molecule has 1 heterocycles. The van der Waals surface area contributed by atoms with Gasteiger partial charge in [0.2, 0.25) is 0 Å². The van der Waals surface area contributed by atoms with Crippen LogP contribution in [0.3, 0.4) is 0 Å². The topological polar surface area (TPSA) is 69.6 Å². The average molecular weight is 240 g/mol. The van der Waals surface area contributed by atoms with Gasteiger partial charge in [0, 0.05) is 13.1 Å². The second-order valence-corrected chi connectivity index (χ2v) is 5.77. The third-order valence-corrected chi connectivity index (χ3v) is 4.02. The first kappa shape index (κ1) is 12.2. The fraction of sp³-hybridized carbons (Fsp3) is 0.833. The molecule has 2 atom stereocenters. The summed E-state index contributed by atoms with van der Waals surface area (Å²) >= 11 is 0. The van der Waals surface area contributed by atoms with E-state index in [-0.39, 0.29) is 6.03 Å². The van der Waals surface area contributed by atoms with Gasteiger partial charge < -0.3 is 15.3 Å². The second-order valence-electron chi connectivity index (χ2n) is 5.77. The number of nitrogens with one attached hydrogen (secondary N) is 1. The van der Waals surface area contributed by atoms with E-state index in [0.717, 1.165) is 12.8 Å². The first-order chi connectivity index (χ1) is 7.92. The Hall–Kier alpha value is -1.26. The van der Waals surface area contributed by atoms with Gasteiger partial charge in [0.1, 0.15) is 6.04 Å². The molecule has 2 rings (SSSR count).